The van der Waals surface area contributed by atoms with Gasteiger partial charge in [-0.3, -0.25) is 33.7 Å². The highest BCUT2D eigenvalue weighted by atomic mass is 16.5. The highest BCUT2D eigenvalue weighted by Crippen LogP contribution is 2.34. The number of esters is 1. The normalized spacial score (nSPS) is 18.9. The maximum atomic E-state index is 14.2. The van der Waals surface area contributed by atoms with Crippen LogP contribution in [0.15, 0.2) is 30.3 Å². The maximum absolute atomic E-state index is 14.2. The quantitative estimate of drug-likeness (QED) is 0.129. The summed E-state index contributed by atoms with van der Waals surface area (Å²) in [5, 5.41) is 8.47. The van der Waals surface area contributed by atoms with E-state index in [0.29, 0.717) is 6.61 Å². The van der Waals surface area contributed by atoms with Crippen LogP contribution in [0.3, 0.4) is 0 Å². The third kappa shape index (κ3) is 15.5. The van der Waals surface area contributed by atoms with E-state index in [0.717, 1.165) is 5.56 Å². The number of hydrogen-bond donors (Lipinski definition) is 3. The van der Waals surface area contributed by atoms with Gasteiger partial charge in [0.15, 0.2) is 0 Å². The molecule has 1 heterocycles. The van der Waals surface area contributed by atoms with Crippen molar-refractivity contribution in [2.75, 3.05) is 48.5 Å². The van der Waals surface area contributed by atoms with Crippen molar-refractivity contribution in [3.63, 3.8) is 0 Å². The van der Waals surface area contributed by atoms with Crippen molar-refractivity contribution in [1.29, 1.82) is 0 Å². The summed E-state index contributed by atoms with van der Waals surface area (Å²) in [6.45, 7) is 20.2. The number of ether oxygens (including phenoxy) is 3. The van der Waals surface area contributed by atoms with E-state index in [1.807, 2.05) is 83.7 Å². The Kier molecular flexibility index (Phi) is 21.8. The molecule has 0 bridgehead atoms. The first kappa shape index (κ1) is 55.5. The molecule has 0 aromatic heterocycles. The number of carbonyl (C=O) groups is 7. The van der Waals surface area contributed by atoms with Gasteiger partial charge in [0, 0.05) is 34.2 Å². The molecular formula is C47H79N7O10. The molecule has 1 fully saturated rings. The van der Waals surface area contributed by atoms with E-state index in [9.17, 15) is 33.6 Å². The van der Waals surface area contributed by atoms with Gasteiger partial charge in [0.25, 0.3) is 0 Å². The average Bonchev–Trinajstić information content (AvgIpc) is 3.48. The number of amides is 6. The Morgan fingerprint density at radius 2 is 1.34 bits per heavy atom. The number of benzene rings is 1. The second-order valence-electron chi connectivity index (χ2n) is 19.0. The summed E-state index contributed by atoms with van der Waals surface area (Å²) in [5.74, 6) is -4.22. The van der Waals surface area contributed by atoms with Gasteiger partial charge >= 0.3 is 5.97 Å². The Morgan fingerprint density at radius 1 is 0.797 bits per heavy atom. The molecule has 1 aliphatic heterocycles. The van der Waals surface area contributed by atoms with Gasteiger partial charge in [0.1, 0.15) is 48.6 Å². The molecule has 1 aromatic rings. The summed E-state index contributed by atoms with van der Waals surface area (Å²) >= 11 is 0. The van der Waals surface area contributed by atoms with Crippen LogP contribution in [0.2, 0.25) is 0 Å². The number of nitrogens with zero attached hydrogens (tertiary/aromatic N) is 4. The standard InChI is InChI=1S/C47H79N7O10/c1-17-34(49-43(58)39-40(31(8)26-62-16)64-47(10,11)54(39)15)44(59)51(12)25-37(55)52(13)35(23-28(2)3)42(57)50-38(30(6)7)45(60)53(14)36(24-29(4)5)41(56)48-32(9)46(61)63-27-33-21-19-18-20-22-33/h18-22,28-32,34-36,38-40H,17,23-27H2,1-16H3,(H,48,56)(H,49,58)(H,50,57)/t31-,32+,34+,35+,36+,38+,39+,40-/m1/s1. The highest BCUT2D eigenvalue weighted by molar-refractivity contribution is 5.96. The molecule has 362 valence electrons. The maximum Gasteiger partial charge on any atom is 0.328 e. The zero-order valence-corrected chi connectivity index (χ0v) is 41.4. The second kappa shape index (κ2) is 25.2. The van der Waals surface area contributed by atoms with E-state index >= 15 is 0 Å². The van der Waals surface area contributed by atoms with E-state index in [4.69, 9.17) is 14.2 Å². The summed E-state index contributed by atoms with van der Waals surface area (Å²) in [6.07, 6.45) is 0.295. The van der Waals surface area contributed by atoms with Gasteiger partial charge in [-0.05, 0) is 70.4 Å². The molecule has 1 aromatic carbocycles. The third-order valence-corrected chi connectivity index (χ3v) is 11.9. The molecule has 0 saturated carbocycles. The molecule has 0 spiro atoms. The van der Waals surface area contributed by atoms with Gasteiger partial charge in [0.2, 0.25) is 35.4 Å². The molecule has 17 nitrogen and oxygen atoms in total. The Labute approximate surface area is 382 Å². The largest absolute Gasteiger partial charge is 0.459 e. The van der Waals surface area contributed by atoms with Crippen molar-refractivity contribution >= 4 is 41.4 Å². The predicted octanol–water partition coefficient (Wildman–Crippen LogP) is 3.19. The first-order chi connectivity index (χ1) is 29.8. The van der Waals surface area contributed by atoms with Crippen LogP contribution < -0.4 is 16.0 Å². The van der Waals surface area contributed by atoms with Gasteiger partial charge in [-0.15, -0.1) is 0 Å². The van der Waals surface area contributed by atoms with E-state index < -0.39 is 89.5 Å². The van der Waals surface area contributed by atoms with Crippen molar-refractivity contribution in [1.82, 2.24) is 35.6 Å². The molecule has 0 aliphatic carbocycles. The van der Waals surface area contributed by atoms with Crippen LogP contribution in [-0.4, -0.2) is 158 Å². The highest BCUT2D eigenvalue weighted by Gasteiger charge is 2.51. The SMILES string of the molecule is CC[C@H](NC(=O)[C@@H]1[C@@H]([C@H](C)COC)OC(C)(C)N1C)C(=O)N(C)CC(=O)N(C)[C@@H](CC(C)C)C(=O)N[C@H](C(=O)N(C)[C@@H](CC(C)C)C(=O)N[C@@H](C)C(=O)OCc1ccccc1)C(C)C. The average molecular weight is 902 g/mol. The summed E-state index contributed by atoms with van der Waals surface area (Å²) < 4.78 is 17.0. The lowest BCUT2D eigenvalue weighted by molar-refractivity contribution is -0.150. The van der Waals surface area contributed by atoms with Gasteiger partial charge in [0.05, 0.1) is 19.3 Å². The van der Waals surface area contributed by atoms with E-state index in [1.54, 1.807) is 34.9 Å². The molecule has 17 heteroatoms. The number of methoxy groups -OCH3 is 1. The molecule has 2 rings (SSSR count). The molecule has 6 amide bonds. The Bertz CT molecular complexity index is 1720. The molecule has 1 aliphatic rings. The van der Waals surface area contributed by atoms with Crippen molar-refractivity contribution in [2.24, 2.45) is 23.7 Å². The minimum absolute atomic E-state index is 0.0133. The van der Waals surface area contributed by atoms with Crippen LogP contribution in [0.5, 0.6) is 0 Å². The fourth-order valence-corrected chi connectivity index (χ4v) is 7.71. The van der Waals surface area contributed by atoms with E-state index in [1.165, 1.54) is 42.8 Å². The number of nitrogens with one attached hydrogen (secondary N) is 3. The van der Waals surface area contributed by atoms with E-state index in [2.05, 4.69) is 16.0 Å². The molecular weight excluding hydrogens is 823 g/mol. The minimum Gasteiger partial charge on any atom is -0.459 e. The monoisotopic (exact) mass is 902 g/mol. The lowest BCUT2D eigenvalue weighted by Crippen LogP contribution is -2.60. The van der Waals surface area contributed by atoms with Gasteiger partial charge in [-0.2, -0.15) is 0 Å². The first-order valence-electron chi connectivity index (χ1n) is 22.6. The smallest absolute Gasteiger partial charge is 0.328 e. The zero-order valence-electron chi connectivity index (χ0n) is 41.4. The first-order valence-corrected chi connectivity index (χ1v) is 22.6. The topological polar surface area (TPSA) is 196 Å². The van der Waals surface area contributed by atoms with E-state index in [-0.39, 0.29) is 56.1 Å². The van der Waals surface area contributed by atoms with Crippen molar-refractivity contribution in [3.8, 4) is 0 Å². The second-order valence-corrected chi connectivity index (χ2v) is 19.0. The summed E-state index contributed by atoms with van der Waals surface area (Å²) in [4.78, 5) is 102. The van der Waals surface area contributed by atoms with Gasteiger partial charge < -0.3 is 44.9 Å². The number of likely N-dealkylation sites (N-methyl/N-ethyl adjacent to an activating group) is 4. The summed E-state index contributed by atoms with van der Waals surface area (Å²) in [5.41, 5.74) is 0.0598. The lowest BCUT2D eigenvalue weighted by Gasteiger charge is -2.35. The fourth-order valence-electron chi connectivity index (χ4n) is 7.71. The van der Waals surface area contributed by atoms with Gasteiger partial charge in [-0.25, -0.2) is 4.79 Å². The molecule has 1 saturated heterocycles. The lowest BCUT2D eigenvalue weighted by atomic mass is 9.97. The summed E-state index contributed by atoms with van der Waals surface area (Å²) in [6, 6.07) is 3.47. The Hall–Kier alpha value is -4.61. The van der Waals surface area contributed by atoms with Crippen molar-refractivity contribution < 1.29 is 47.8 Å². The Balaban J connectivity index is 2.21. The van der Waals surface area contributed by atoms with Gasteiger partial charge in [-0.1, -0.05) is 85.7 Å². The molecule has 0 unspecified atom stereocenters. The predicted molar refractivity (Wildman–Crippen MR) is 244 cm³/mol. The third-order valence-electron chi connectivity index (χ3n) is 11.9. The van der Waals surface area contributed by atoms with Crippen LogP contribution in [0.1, 0.15) is 101 Å². The summed E-state index contributed by atoms with van der Waals surface area (Å²) in [7, 11) is 7.84. The Morgan fingerprint density at radius 3 is 1.86 bits per heavy atom. The van der Waals surface area contributed by atoms with Crippen molar-refractivity contribution in [2.45, 2.75) is 150 Å². The molecule has 0 radical (unpaired) electrons. The van der Waals surface area contributed by atoms with Crippen molar-refractivity contribution in [3.05, 3.63) is 35.9 Å². The molecule has 8 atom stereocenters. The number of carbonyl (C=O) groups excluding carboxylic acids is 7. The van der Waals surface area contributed by atoms with Crippen LogP contribution in [0, 0.1) is 23.7 Å². The zero-order chi connectivity index (χ0) is 48.8. The molecule has 3 N–H and O–H groups in total. The van der Waals surface area contributed by atoms with Crippen LogP contribution in [-0.2, 0) is 54.4 Å². The van der Waals surface area contributed by atoms with Crippen LogP contribution in [0.4, 0.5) is 0 Å². The number of rotatable bonds is 24. The number of hydrogen-bond acceptors (Lipinski definition) is 11. The molecule has 64 heavy (non-hydrogen) atoms. The van der Waals surface area contributed by atoms with Crippen LogP contribution in [0.25, 0.3) is 0 Å². The van der Waals surface area contributed by atoms with Crippen LogP contribution >= 0.6 is 0 Å². The minimum atomic E-state index is -1.07. The fraction of sp³-hybridized carbons (Fsp3) is 0.723.